The van der Waals surface area contributed by atoms with Gasteiger partial charge in [-0.1, -0.05) is 26.2 Å². The number of hydrogen-bond donors (Lipinski definition) is 2. The molecule has 4 nitrogen and oxygen atoms in total. The Labute approximate surface area is 108 Å². The Morgan fingerprint density at radius 1 is 1.33 bits per heavy atom. The number of carbonyl (C=O) groups is 2. The molecule has 4 heteroatoms. The summed E-state index contributed by atoms with van der Waals surface area (Å²) < 4.78 is 0. The lowest BCUT2D eigenvalue weighted by atomic mass is 9.80. The predicted octanol–water partition coefficient (Wildman–Crippen LogP) is 2.31. The van der Waals surface area contributed by atoms with Crippen LogP contribution in [0.4, 0.5) is 0 Å². The average Bonchev–Trinajstić information content (AvgIpc) is 2.45. The summed E-state index contributed by atoms with van der Waals surface area (Å²) in [6.07, 6.45) is 2.98. The van der Waals surface area contributed by atoms with Gasteiger partial charge in [-0.3, -0.25) is 9.59 Å². The fourth-order valence-electron chi connectivity index (χ4n) is 2.69. The van der Waals surface area contributed by atoms with Crippen LogP contribution in [0.3, 0.4) is 0 Å². The summed E-state index contributed by atoms with van der Waals surface area (Å²) in [4.78, 5) is 22.9. The van der Waals surface area contributed by atoms with Gasteiger partial charge in [0.2, 0.25) is 0 Å². The van der Waals surface area contributed by atoms with Gasteiger partial charge in [-0.2, -0.15) is 0 Å². The molecule has 102 valence electrons. The third-order valence-electron chi connectivity index (χ3n) is 4.01. The number of aliphatic carboxylic acids is 1. The average molecular weight is 254 g/mol. The van der Waals surface area contributed by atoms with E-state index in [2.05, 4.69) is 6.92 Å². The Hall–Kier alpha value is -1.16. The van der Waals surface area contributed by atoms with Gasteiger partial charge in [0.1, 0.15) is 0 Å². The summed E-state index contributed by atoms with van der Waals surface area (Å²) in [5.74, 6) is -2.06. The van der Waals surface area contributed by atoms with Crippen molar-refractivity contribution < 1.29 is 19.8 Å². The Balaban J connectivity index is 2.94. The molecule has 1 rings (SSSR count). The van der Waals surface area contributed by atoms with E-state index in [1.165, 1.54) is 0 Å². The van der Waals surface area contributed by atoms with Gasteiger partial charge in [0.15, 0.2) is 5.78 Å². The number of hydrogen-bond acceptors (Lipinski definition) is 3. The highest BCUT2D eigenvalue weighted by Crippen LogP contribution is 2.42. The maximum atomic E-state index is 12.0. The number of carboxylic acids is 1. The summed E-state index contributed by atoms with van der Waals surface area (Å²) in [7, 11) is 0. The highest BCUT2D eigenvalue weighted by Gasteiger charge is 2.49. The summed E-state index contributed by atoms with van der Waals surface area (Å²) >= 11 is 0. The van der Waals surface area contributed by atoms with Crippen LogP contribution >= 0.6 is 0 Å². The molecule has 0 aromatic carbocycles. The van der Waals surface area contributed by atoms with Crippen molar-refractivity contribution in [1.82, 2.24) is 0 Å². The van der Waals surface area contributed by atoms with Gasteiger partial charge in [-0.25, -0.2) is 0 Å². The first kappa shape index (κ1) is 14.9. The second-order valence-corrected chi connectivity index (χ2v) is 5.15. The monoisotopic (exact) mass is 254 g/mol. The predicted molar refractivity (Wildman–Crippen MR) is 68.2 cm³/mol. The molecule has 0 radical (unpaired) electrons. The zero-order valence-corrected chi connectivity index (χ0v) is 11.3. The van der Waals surface area contributed by atoms with Crippen LogP contribution in [0.5, 0.6) is 0 Å². The summed E-state index contributed by atoms with van der Waals surface area (Å²) in [6.45, 7) is 5.47. The van der Waals surface area contributed by atoms with E-state index in [9.17, 15) is 14.7 Å². The Kier molecular flexibility index (Phi) is 4.68. The lowest BCUT2D eigenvalue weighted by molar-refractivity contribution is -0.143. The Morgan fingerprint density at radius 3 is 2.44 bits per heavy atom. The molecule has 0 spiro atoms. The number of rotatable bonds is 6. The number of carboxylic acid groups (broad SMARTS) is 1. The normalized spacial score (nSPS) is 28.0. The van der Waals surface area contributed by atoms with Crippen molar-refractivity contribution >= 4 is 11.8 Å². The first-order chi connectivity index (χ1) is 8.34. The summed E-state index contributed by atoms with van der Waals surface area (Å²) in [5.41, 5.74) is -0.0792. The van der Waals surface area contributed by atoms with Gasteiger partial charge in [0.05, 0.1) is 17.9 Å². The molecule has 2 N–H and O–H groups in total. The molecule has 0 saturated heterocycles. The molecule has 18 heavy (non-hydrogen) atoms. The van der Waals surface area contributed by atoms with Crippen molar-refractivity contribution in [3.8, 4) is 0 Å². The van der Waals surface area contributed by atoms with Crippen LogP contribution in [0.15, 0.2) is 11.1 Å². The number of aliphatic hydroxyl groups is 1. The molecule has 1 aliphatic rings. The van der Waals surface area contributed by atoms with Gasteiger partial charge in [0, 0.05) is 0 Å². The van der Waals surface area contributed by atoms with E-state index in [1.54, 1.807) is 13.8 Å². The molecule has 0 aromatic rings. The molecule has 0 heterocycles. The third kappa shape index (κ3) is 2.64. The van der Waals surface area contributed by atoms with Gasteiger partial charge in [-0.15, -0.1) is 0 Å². The molecule has 0 aromatic heterocycles. The van der Waals surface area contributed by atoms with E-state index in [4.69, 9.17) is 5.11 Å². The maximum Gasteiger partial charge on any atom is 0.304 e. The van der Waals surface area contributed by atoms with E-state index in [-0.39, 0.29) is 12.2 Å². The van der Waals surface area contributed by atoms with Crippen molar-refractivity contribution in [3.05, 3.63) is 11.1 Å². The molecule has 0 amide bonds. The van der Waals surface area contributed by atoms with Gasteiger partial charge in [-0.05, 0) is 31.4 Å². The number of Topliss-reactive ketones (excluding diaryl/α,β-unsaturated/α-hetero) is 1. The van der Waals surface area contributed by atoms with E-state index < -0.39 is 17.5 Å². The zero-order chi connectivity index (χ0) is 13.9. The second kappa shape index (κ2) is 5.65. The molecule has 1 aliphatic carbocycles. The van der Waals surface area contributed by atoms with Gasteiger partial charge >= 0.3 is 5.97 Å². The summed E-state index contributed by atoms with van der Waals surface area (Å²) in [6, 6.07) is 0. The zero-order valence-electron chi connectivity index (χ0n) is 11.3. The van der Waals surface area contributed by atoms with E-state index in [0.29, 0.717) is 17.6 Å². The van der Waals surface area contributed by atoms with Crippen molar-refractivity contribution in [2.75, 3.05) is 0 Å². The minimum Gasteiger partial charge on any atom is -0.481 e. The maximum absolute atomic E-state index is 12.0. The van der Waals surface area contributed by atoms with Gasteiger partial charge < -0.3 is 10.2 Å². The largest absolute Gasteiger partial charge is 0.481 e. The van der Waals surface area contributed by atoms with Crippen LogP contribution in [0.2, 0.25) is 0 Å². The number of allylic oxidation sites excluding steroid dienone is 1. The van der Waals surface area contributed by atoms with Crippen molar-refractivity contribution in [2.45, 2.75) is 58.5 Å². The number of unbranched alkanes of at least 4 members (excludes halogenated alkanes) is 2. The first-order valence-corrected chi connectivity index (χ1v) is 6.51. The minimum absolute atomic E-state index is 0.214. The van der Waals surface area contributed by atoms with Crippen LogP contribution < -0.4 is 0 Å². The SMILES string of the molecule is CCCCCC1(O)C(C)=C(C)C(=O)C1CC(=O)O. The summed E-state index contributed by atoms with van der Waals surface area (Å²) in [5, 5.41) is 19.6. The molecule has 0 bridgehead atoms. The fourth-order valence-corrected chi connectivity index (χ4v) is 2.69. The van der Waals surface area contributed by atoms with Crippen LogP contribution in [-0.4, -0.2) is 27.6 Å². The third-order valence-corrected chi connectivity index (χ3v) is 4.01. The quantitative estimate of drug-likeness (QED) is 0.713. The van der Waals surface area contributed by atoms with Gasteiger partial charge in [0.25, 0.3) is 0 Å². The van der Waals surface area contributed by atoms with E-state index in [1.807, 2.05) is 0 Å². The molecule has 2 atom stereocenters. The molecule has 0 aliphatic heterocycles. The second-order valence-electron chi connectivity index (χ2n) is 5.15. The van der Waals surface area contributed by atoms with Crippen molar-refractivity contribution in [1.29, 1.82) is 0 Å². The standard InChI is InChI=1S/C14H22O4/c1-4-5-6-7-14(18)10(3)9(2)13(17)11(14)8-12(15)16/h11,18H,4-8H2,1-3H3,(H,15,16). The Bertz CT molecular complexity index is 383. The molecule has 0 saturated carbocycles. The fraction of sp³-hybridized carbons (Fsp3) is 0.714. The van der Waals surface area contributed by atoms with Crippen LogP contribution in [0, 0.1) is 5.92 Å². The lowest BCUT2D eigenvalue weighted by Crippen LogP contribution is -2.39. The first-order valence-electron chi connectivity index (χ1n) is 6.51. The van der Waals surface area contributed by atoms with Crippen LogP contribution in [-0.2, 0) is 9.59 Å². The topological polar surface area (TPSA) is 74.6 Å². The van der Waals surface area contributed by atoms with E-state index >= 15 is 0 Å². The Morgan fingerprint density at radius 2 is 1.94 bits per heavy atom. The molecular formula is C14H22O4. The highest BCUT2D eigenvalue weighted by molar-refractivity contribution is 6.03. The molecule has 2 unspecified atom stereocenters. The van der Waals surface area contributed by atoms with Crippen LogP contribution in [0.1, 0.15) is 52.9 Å². The van der Waals surface area contributed by atoms with Crippen molar-refractivity contribution in [3.63, 3.8) is 0 Å². The number of carbonyl (C=O) groups excluding carboxylic acids is 1. The van der Waals surface area contributed by atoms with E-state index in [0.717, 1.165) is 19.3 Å². The molecular weight excluding hydrogens is 232 g/mol. The molecule has 0 fully saturated rings. The highest BCUT2D eigenvalue weighted by atomic mass is 16.4. The minimum atomic E-state index is -1.26. The smallest absolute Gasteiger partial charge is 0.304 e. The van der Waals surface area contributed by atoms with Crippen molar-refractivity contribution in [2.24, 2.45) is 5.92 Å². The van der Waals surface area contributed by atoms with Crippen LogP contribution in [0.25, 0.3) is 0 Å². The number of ketones is 1. The lowest BCUT2D eigenvalue weighted by Gasteiger charge is -2.30.